The van der Waals surface area contributed by atoms with Gasteiger partial charge in [-0.05, 0) is 69.2 Å². The molecule has 6 nitrogen and oxygen atoms in total. The number of anilines is 1. The van der Waals surface area contributed by atoms with Crippen LogP contribution in [0, 0.1) is 11.8 Å². The molecule has 0 radical (unpaired) electrons. The Kier molecular flexibility index (Phi) is 7.70. The Hall–Kier alpha value is -2.29. The Morgan fingerprint density at radius 3 is 2.32 bits per heavy atom. The number of carbonyl (C=O) groups excluding carboxylic acids is 2. The monoisotopic (exact) mass is 481 g/mol. The van der Waals surface area contributed by atoms with Crippen molar-refractivity contribution in [3.05, 3.63) is 29.3 Å². The van der Waals surface area contributed by atoms with Gasteiger partial charge in [-0.25, -0.2) is 0 Å². The van der Waals surface area contributed by atoms with E-state index in [1.165, 1.54) is 12.1 Å². The number of nitrogens with zero attached hydrogens (tertiary/aromatic N) is 2. The summed E-state index contributed by atoms with van der Waals surface area (Å²) in [6, 6.07) is 4.06. The zero-order valence-corrected chi connectivity index (χ0v) is 19.7. The first-order chi connectivity index (χ1) is 16.3. The standard InChI is InChI=1S/C25H34F3N3O3/c1-2-34-24(33)18-8-11-30(12-9-18)22-15-20(25(26,27)28)3-4-21(22)17-6-13-31(14-7-17)23(32)19-5-10-29-16-19/h3-4,15,17-19,29H,2,5-14,16H2,1H3. The number of halogens is 3. The number of alkyl halides is 3. The third-order valence-electron chi connectivity index (χ3n) is 7.47. The van der Waals surface area contributed by atoms with Crippen molar-refractivity contribution in [1.29, 1.82) is 0 Å². The summed E-state index contributed by atoms with van der Waals surface area (Å²) in [5.41, 5.74) is 0.874. The fourth-order valence-electron chi connectivity index (χ4n) is 5.49. The Morgan fingerprint density at radius 1 is 1.03 bits per heavy atom. The normalized spacial score (nSPS) is 22.8. The summed E-state index contributed by atoms with van der Waals surface area (Å²) in [6.45, 7) is 5.99. The number of benzene rings is 1. The van der Waals surface area contributed by atoms with E-state index >= 15 is 0 Å². The summed E-state index contributed by atoms with van der Waals surface area (Å²) in [4.78, 5) is 28.8. The lowest BCUT2D eigenvalue weighted by atomic mass is 9.86. The molecule has 1 atom stereocenters. The molecule has 3 aliphatic rings. The third kappa shape index (κ3) is 5.50. The van der Waals surface area contributed by atoms with Gasteiger partial charge in [-0.2, -0.15) is 13.2 Å². The van der Waals surface area contributed by atoms with Crippen LogP contribution in [0.25, 0.3) is 0 Å². The minimum absolute atomic E-state index is 0.0406. The van der Waals surface area contributed by atoms with Gasteiger partial charge in [0.25, 0.3) is 0 Å². The van der Waals surface area contributed by atoms with Crippen LogP contribution in [0.1, 0.15) is 56.1 Å². The van der Waals surface area contributed by atoms with E-state index in [4.69, 9.17) is 4.74 Å². The maximum atomic E-state index is 13.5. The molecule has 1 aromatic carbocycles. The summed E-state index contributed by atoms with van der Waals surface area (Å²) < 4.78 is 45.7. The number of rotatable bonds is 5. The van der Waals surface area contributed by atoms with Gasteiger partial charge < -0.3 is 19.9 Å². The SMILES string of the molecule is CCOC(=O)C1CCN(c2cc(C(F)(F)F)ccc2C2CCN(C(=O)C3CCNC3)CC2)CC1. The molecule has 3 aliphatic heterocycles. The molecular weight excluding hydrogens is 447 g/mol. The van der Waals surface area contributed by atoms with Gasteiger partial charge in [0.2, 0.25) is 5.91 Å². The Balaban J connectivity index is 1.48. The third-order valence-corrected chi connectivity index (χ3v) is 7.47. The van der Waals surface area contributed by atoms with Crippen molar-refractivity contribution in [3.63, 3.8) is 0 Å². The van der Waals surface area contributed by atoms with Gasteiger partial charge in [-0.1, -0.05) is 6.07 Å². The highest BCUT2D eigenvalue weighted by molar-refractivity contribution is 5.79. The first kappa shape index (κ1) is 24.8. The molecule has 34 heavy (non-hydrogen) atoms. The highest BCUT2D eigenvalue weighted by atomic mass is 19.4. The maximum Gasteiger partial charge on any atom is 0.416 e. The molecule has 1 amide bonds. The van der Waals surface area contributed by atoms with Gasteiger partial charge in [-0.3, -0.25) is 9.59 Å². The fraction of sp³-hybridized carbons (Fsp3) is 0.680. The molecule has 0 aliphatic carbocycles. The van der Waals surface area contributed by atoms with Crippen LogP contribution in [0.3, 0.4) is 0 Å². The van der Waals surface area contributed by atoms with Crippen molar-refractivity contribution in [2.75, 3.05) is 50.8 Å². The van der Waals surface area contributed by atoms with E-state index in [-0.39, 0.29) is 29.6 Å². The van der Waals surface area contributed by atoms with Crippen molar-refractivity contribution in [2.24, 2.45) is 11.8 Å². The smallest absolute Gasteiger partial charge is 0.416 e. The Morgan fingerprint density at radius 2 is 1.74 bits per heavy atom. The van der Waals surface area contributed by atoms with Crippen LogP contribution in [0.15, 0.2) is 18.2 Å². The van der Waals surface area contributed by atoms with Crippen molar-refractivity contribution in [2.45, 2.75) is 51.1 Å². The molecular formula is C25H34F3N3O3. The molecule has 1 N–H and O–H groups in total. The van der Waals surface area contributed by atoms with Crippen LogP contribution in [0.4, 0.5) is 18.9 Å². The summed E-state index contributed by atoms with van der Waals surface area (Å²) >= 11 is 0. The quantitative estimate of drug-likeness (QED) is 0.649. The first-order valence-corrected chi connectivity index (χ1v) is 12.4. The summed E-state index contributed by atoms with van der Waals surface area (Å²) in [6.07, 6.45) is -0.938. The van der Waals surface area contributed by atoms with E-state index in [1.807, 2.05) is 9.80 Å². The number of esters is 1. The first-order valence-electron chi connectivity index (χ1n) is 12.4. The van der Waals surface area contributed by atoms with Gasteiger partial charge in [0.05, 0.1) is 24.0 Å². The van der Waals surface area contributed by atoms with Gasteiger partial charge in [0.15, 0.2) is 0 Å². The number of nitrogens with one attached hydrogen (secondary N) is 1. The second-order valence-corrected chi connectivity index (χ2v) is 9.57. The summed E-state index contributed by atoms with van der Waals surface area (Å²) in [5, 5.41) is 3.23. The summed E-state index contributed by atoms with van der Waals surface area (Å²) in [7, 11) is 0. The van der Waals surface area contributed by atoms with Crippen molar-refractivity contribution in [1.82, 2.24) is 10.2 Å². The van der Waals surface area contributed by atoms with Crippen molar-refractivity contribution in [3.8, 4) is 0 Å². The zero-order valence-electron chi connectivity index (χ0n) is 19.7. The number of piperidine rings is 2. The largest absolute Gasteiger partial charge is 0.466 e. The van der Waals surface area contributed by atoms with E-state index in [0.717, 1.165) is 37.9 Å². The Bertz CT molecular complexity index is 870. The fourth-order valence-corrected chi connectivity index (χ4v) is 5.49. The molecule has 0 aromatic heterocycles. The van der Waals surface area contributed by atoms with E-state index in [0.29, 0.717) is 51.3 Å². The number of carbonyl (C=O) groups is 2. The molecule has 1 unspecified atom stereocenters. The highest BCUT2D eigenvalue weighted by Gasteiger charge is 2.35. The van der Waals surface area contributed by atoms with Crippen LogP contribution >= 0.6 is 0 Å². The molecule has 188 valence electrons. The van der Waals surface area contributed by atoms with Crippen LogP contribution in [-0.2, 0) is 20.5 Å². The van der Waals surface area contributed by atoms with Crippen LogP contribution < -0.4 is 10.2 Å². The number of ether oxygens (including phenoxy) is 1. The van der Waals surface area contributed by atoms with Gasteiger partial charge in [-0.15, -0.1) is 0 Å². The molecule has 3 saturated heterocycles. The lowest BCUT2D eigenvalue weighted by molar-refractivity contribution is -0.148. The molecule has 0 spiro atoms. The second-order valence-electron chi connectivity index (χ2n) is 9.57. The molecule has 0 saturated carbocycles. The van der Waals surface area contributed by atoms with Crippen LogP contribution in [-0.4, -0.2) is 62.7 Å². The van der Waals surface area contributed by atoms with E-state index in [1.54, 1.807) is 13.0 Å². The maximum absolute atomic E-state index is 13.5. The molecule has 1 aromatic rings. The highest BCUT2D eigenvalue weighted by Crippen LogP contribution is 2.40. The van der Waals surface area contributed by atoms with Crippen molar-refractivity contribution < 1.29 is 27.5 Å². The minimum atomic E-state index is -4.42. The van der Waals surface area contributed by atoms with E-state index in [2.05, 4.69) is 5.32 Å². The average molecular weight is 482 g/mol. The van der Waals surface area contributed by atoms with Crippen LogP contribution in [0.2, 0.25) is 0 Å². The lowest BCUT2D eigenvalue weighted by Crippen LogP contribution is -2.42. The number of hydrogen-bond donors (Lipinski definition) is 1. The summed E-state index contributed by atoms with van der Waals surface area (Å²) in [5.74, 6) is -0.0903. The molecule has 9 heteroatoms. The topological polar surface area (TPSA) is 61.9 Å². The minimum Gasteiger partial charge on any atom is -0.466 e. The predicted molar refractivity (Wildman–Crippen MR) is 123 cm³/mol. The van der Waals surface area contributed by atoms with Crippen LogP contribution in [0.5, 0.6) is 0 Å². The van der Waals surface area contributed by atoms with Gasteiger partial charge >= 0.3 is 12.1 Å². The van der Waals surface area contributed by atoms with E-state index in [9.17, 15) is 22.8 Å². The molecule has 0 bridgehead atoms. The van der Waals surface area contributed by atoms with Gasteiger partial charge in [0, 0.05) is 38.4 Å². The number of likely N-dealkylation sites (tertiary alicyclic amines) is 1. The van der Waals surface area contributed by atoms with E-state index < -0.39 is 11.7 Å². The average Bonchev–Trinajstić information content (AvgIpc) is 3.38. The lowest BCUT2D eigenvalue weighted by Gasteiger charge is -2.38. The second kappa shape index (κ2) is 10.5. The zero-order chi connectivity index (χ0) is 24.3. The Labute approximate surface area is 198 Å². The van der Waals surface area contributed by atoms with Crippen molar-refractivity contribution >= 4 is 17.6 Å². The number of amides is 1. The molecule has 3 heterocycles. The molecule has 4 rings (SSSR count). The predicted octanol–water partition coefficient (Wildman–Crippen LogP) is 3.80. The number of hydrogen-bond acceptors (Lipinski definition) is 5. The van der Waals surface area contributed by atoms with Gasteiger partial charge in [0.1, 0.15) is 0 Å². The molecule has 3 fully saturated rings.